The van der Waals surface area contributed by atoms with Crippen LogP contribution in [0.25, 0.3) is 0 Å². The molecule has 0 aromatic carbocycles. The molecule has 0 aliphatic carbocycles. The van der Waals surface area contributed by atoms with E-state index >= 15 is 0 Å². The Morgan fingerprint density at radius 3 is 2.38 bits per heavy atom. The molecule has 0 aromatic heterocycles. The summed E-state index contributed by atoms with van der Waals surface area (Å²) >= 11 is 0. The molecule has 0 spiro atoms. The molecular formula is C17H36IN3O3. The van der Waals surface area contributed by atoms with E-state index in [0.29, 0.717) is 13.2 Å². The van der Waals surface area contributed by atoms with Crippen LogP contribution < -0.4 is 10.6 Å². The van der Waals surface area contributed by atoms with Gasteiger partial charge < -0.3 is 25.6 Å². The van der Waals surface area contributed by atoms with Crippen molar-refractivity contribution in [1.29, 1.82) is 0 Å². The van der Waals surface area contributed by atoms with E-state index in [1.165, 1.54) is 0 Å². The lowest BCUT2D eigenvalue weighted by Crippen LogP contribution is -2.45. The summed E-state index contributed by atoms with van der Waals surface area (Å²) in [6, 6.07) is 0. The van der Waals surface area contributed by atoms with E-state index in [2.05, 4.69) is 29.5 Å². The lowest BCUT2D eigenvalue weighted by Gasteiger charge is -2.29. The summed E-state index contributed by atoms with van der Waals surface area (Å²) in [5, 5.41) is 25.7. The Morgan fingerprint density at radius 1 is 1.21 bits per heavy atom. The van der Waals surface area contributed by atoms with Crippen molar-refractivity contribution in [3.05, 3.63) is 0 Å². The molecule has 1 atom stereocenters. The van der Waals surface area contributed by atoms with Crippen molar-refractivity contribution in [3.63, 3.8) is 0 Å². The molecule has 1 aliphatic heterocycles. The Morgan fingerprint density at radius 2 is 1.92 bits per heavy atom. The number of aliphatic imine (C=N–C) groups is 1. The average molecular weight is 457 g/mol. The van der Waals surface area contributed by atoms with Crippen molar-refractivity contribution in [1.82, 2.24) is 10.6 Å². The van der Waals surface area contributed by atoms with E-state index in [9.17, 15) is 10.2 Å². The fraction of sp³-hybridized carbons (Fsp3) is 0.941. The summed E-state index contributed by atoms with van der Waals surface area (Å²) in [5.41, 5.74) is -0.143. The van der Waals surface area contributed by atoms with Gasteiger partial charge in [-0.3, -0.25) is 4.99 Å². The predicted octanol–water partition coefficient (Wildman–Crippen LogP) is 1.75. The highest BCUT2D eigenvalue weighted by molar-refractivity contribution is 14.0. The summed E-state index contributed by atoms with van der Waals surface area (Å²) in [5.74, 6) is 0.774. The molecule has 1 heterocycles. The second-order valence-electron chi connectivity index (χ2n) is 6.69. The van der Waals surface area contributed by atoms with Crippen LogP contribution in [0, 0.1) is 10.8 Å². The summed E-state index contributed by atoms with van der Waals surface area (Å²) in [7, 11) is 0. The van der Waals surface area contributed by atoms with Gasteiger partial charge in [0.25, 0.3) is 0 Å². The van der Waals surface area contributed by atoms with E-state index < -0.39 is 0 Å². The topological polar surface area (TPSA) is 86.1 Å². The number of hydrogen-bond donors (Lipinski definition) is 4. The number of halogens is 1. The van der Waals surface area contributed by atoms with Gasteiger partial charge in [0, 0.05) is 37.1 Å². The highest BCUT2D eigenvalue weighted by Gasteiger charge is 2.34. The van der Waals surface area contributed by atoms with Crippen molar-refractivity contribution in [2.45, 2.75) is 46.5 Å². The van der Waals surface area contributed by atoms with Crippen LogP contribution in [0.15, 0.2) is 4.99 Å². The summed E-state index contributed by atoms with van der Waals surface area (Å²) in [6.07, 6.45) is 3.52. The van der Waals surface area contributed by atoms with Gasteiger partial charge in [-0.05, 0) is 32.6 Å². The quantitative estimate of drug-likeness (QED) is 0.228. The molecule has 1 unspecified atom stereocenters. The van der Waals surface area contributed by atoms with E-state index in [1.54, 1.807) is 0 Å². The zero-order valence-corrected chi connectivity index (χ0v) is 17.8. The minimum absolute atomic E-state index is 0. The van der Waals surface area contributed by atoms with Gasteiger partial charge in [-0.15, -0.1) is 24.0 Å². The Hall–Kier alpha value is -0.120. The third-order valence-corrected chi connectivity index (χ3v) is 5.21. The molecule has 1 rings (SSSR count). The molecule has 144 valence electrons. The monoisotopic (exact) mass is 457 g/mol. The van der Waals surface area contributed by atoms with Crippen LogP contribution in [0.4, 0.5) is 0 Å². The minimum atomic E-state index is -0.137. The third-order valence-electron chi connectivity index (χ3n) is 5.21. The Labute approximate surface area is 163 Å². The summed E-state index contributed by atoms with van der Waals surface area (Å²) < 4.78 is 5.53. The van der Waals surface area contributed by atoms with Gasteiger partial charge in [0.2, 0.25) is 0 Å². The van der Waals surface area contributed by atoms with Gasteiger partial charge in [-0.1, -0.05) is 13.8 Å². The Kier molecular flexibility index (Phi) is 12.2. The van der Waals surface area contributed by atoms with Crippen molar-refractivity contribution in [2.75, 3.05) is 46.1 Å². The second kappa shape index (κ2) is 12.3. The van der Waals surface area contributed by atoms with Crippen molar-refractivity contribution < 1.29 is 14.9 Å². The smallest absolute Gasteiger partial charge is 0.191 e. The van der Waals surface area contributed by atoms with Crippen LogP contribution in [-0.4, -0.2) is 62.2 Å². The minimum Gasteiger partial charge on any atom is -0.396 e. The van der Waals surface area contributed by atoms with Gasteiger partial charge in [-0.25, -0.2) is 0 Å². The fourth-order valence-electron chi connectivity index (χ4n) is 2.92. The van der Waals surface area contributed by atoms with Crippen molar-refractivity contribution in [2.24, 2.45) is 15.8 Å². The third kappa shape index (κ3) is 7.01. The molecule has 1 aliphatic rings. The maximum atomic E-state index is 9.68. The molecule has 4 N–H and O–H groups in total. The van der Waals surface area contributed by atoms with Crippen molar-refractivity contribution in [3.8, 4) is 0 Å². The average Bonchev–Trinajstić information content (AvgIpc) is 3.03. The van der Waals surface area contributed by atoms with Gasteiger partial charge in [0.05, 0.1) is 19.8 Å². The highest BCUT2D eigenvalue weighted by atomic mass is 127. The SMILES string of the molecule is CCNC(=NCC(CC)(CC)CO)NCC1(CCO)CCOC1.I. The van der Waals surface area contributed by atoms with E-state index in [0.717, 1.165) is 51.3 Å². The van der Waals surface area contributed by atoms with Gasteiger partial charge in [0.15, 0.2) is 5.96 Å². The van der Waals surface area contributed by atoms with Gasteiger partial charge >= 0.3 is 0 Å². The molecule has 0 aromatic rings. The Balaban J connectivity index is 0.00000529. The molecule has 24 heavy (non-hydrogen) atoms. The molecule has 0 bridgehead atoms. The largest absolute Gasteiger partial charge is 0.396 e. The number of nitrogens with one attached hydrogen (secondary N) is 2. The van der Waals surface area contributed by atoms with Crippen LogP contribution in [0.1, 0.15) is 46.5 Å². The molecule has 6 nitrogen and oxygen atoms in total. The number of aliphatic hydroxyl groups is 2. The highest BCUT2D eigenvalue weighted by Crippen LogP contribution is 2.31. The van der Waals surface area contributed by atoms with Gasteiger partial charge in [-0.2, -0.15) is 0 Å². The predicted molar refractivity (Wildman–Crippen MR) is 109 cm³/mol. The first-order valence-corrected chi connectivity index (χ1v) is 8.91. The first kappa shape index (κ1) is 23.9. The molecule has 0 amide bonds. The van der Waals surface area contributed by atoms with Crippen LogP contribution in [-0.2, 0) is 4.74 Å². The number of aliphatic hydroxyl groups excluding tert-OH is 2. The second-order valence-corrected chi connectivity index (χ2v) is 6.69. The lowest BCUT2D eigenvalue weighted by atomic mass is 9.83. The van der Waals surface area contributed by atoms with Crippen LogP contribution in [0.3, 0.4) is 0 Å². The number of nitrogens with zero attached hydrogens (tertiary/aromatic N) is 1. The number of hydrogen-bond acceptors (Lipinski definition) is 4. The van der Waals surface area contributed by atoms with Crippen LogP contribution in [0.2, 0.25) is 0 Å². The number of rotatable bonds is 10. The molecule has 0 radical (unpaired) electrons. The zero-order chi connectivity index (χ0) is 17.2. The summed E-state index contributed by atoms with van der Waals surface area (Å²) in [4.78, 5) is 4.68. The maximum absolute atomic E-state index is 9.68. The van der Waals surface area contributed by atoms with Crippen LogP contribution >= 0.6 is 24.0 Å². The first-order valence-electron chi connectivity index (χ1n) is 8.91. The van der Waals surface area contributed by atoms with E-state index in [1.807, 2.05) is 6.92 Å². The van der Waals surface area contributed by atoms with Crippen LogP contribution in [0.5, 0.6) is 0 Å². The van der Waals surface area contributed by atoms with E-state index in [-0.39, 0.29) is 48.0 Å². The molecular weight excluding hydrogens is 421 g/mol. The fourth-order valence-corrected chi connectivity index (χ4v) is 2.92. The molecule has 0 saturated carbocycles. The number of guanidine groups is 1. The van der Waals surface area contributed by atoms with E-state index in [4.69, 9.17) is 4.74 Å². The molecule has 1 saturated heterocycles. The Bertz CT molecular complexity index is 349. The van der Waals surface area contributed by atoms with Gasteiger partial charge in [0.1, 0.15) is 0 Å². The maximum Gasteiger partial charge on any atom is 0.191 e. The molecule has 1 fully saturated rings. The summed E-state index contributed by atoms with van der Waals surface area (Å²) in [6.45, 7) is 10.2. The normalized spacial score (nSPS) is 21.5. The number of ether oxygens (including phenoxy) is 1. The lowest BCUT2D eigenvalue weighted by molar-refractivity contribution is 0.122. The molecule has 7 heteroatoms. The van der Waals surface area contributed by atoms with Crippen molar-refractivity contribution >= 4 is 29.9 Å². The zero-order valence-electron chi connectivity index (χ0n) is 15.4. The first-order chi connectivity index (χ1) is 11.1. The standard InChI is InChI=1S/C17H35N3O3.HI/c1-4-16(5-2,13-22)11-19-15(18-6-3)20-12-17(7-9-21)8-10-23-14-17;/h21-22H,4-14H2,1-3H3,(H2,18,19,20);1H.